The van der Waals surface area contributed by atoms with E-state index < -0.39 is 29.1 Å². The van der Waals surface area contributed by atoms with Gasteiger partial charge in [-0.05, 0) is 49.2 Å². The van der Waals surface area contributed by atoms with Gasteiger partial charge in [-0.1, -0.05) is 0 Å². The Labute approximate surface area is 243 Å². The molecule has 4 heterocycles. The summed E-state index contributed by atoms with van der Waals surface area (Å²) in [4.78, 5) is 48.2. The van der Waals surface area contributed by atoms with E-state index in [1.54, 1.807) is 11.0 Å². The predicted octanol–water partition coefficient (Wildman–Crippen LogP) is 2.37. The summed E-state index contributed by atoms with van der Waals surface area (Å²) in [5.41, 5.74) is 0.331. The Kier molecular flexibility index (Phi) is 6.40. The minimum Gasteiger partial charge on any atom is -0.404 e. The van der Waals surface area contributed by atoms with Crippen LogP contribution >= 0.6 is 0 Å². The topological polar surface area (TPSA) is 109 Å². The number of hydrogen-bond acceptors (Lipinski definition) is 8. The number of rotatable bonds is 7. The predicted molar refractivity (Wildman–Crippen MR) is 149 cm³/mol. The molecule has 1 aromatic heterocycles. The molecule has 7 rings (SSSR count). The molecule has 11 nitrogen and oxygen atoms in total. The van der Waals surface area contributed by atoms with Gasteiger partial charge in [0.05, 0.1) is 35.5 Å². The van der Waals surface area contributed by atoms with Crippen LogP contribution in [0, 0.1) is 5.41 Å². The number of benzene rings is 2. The van der Waals surface area contributed by atoms with Gasteiger partial charge < -0.3 is 24.6 Å². The van der Waals surface area contributed by atoms with Gasteiger partial charge in [0.15, 0.2) is 5.75 Å². The number of amides is 2. The van der Waals surface area contributed by atoms with Crippen LogP contribution in [-0.4, -0.2) is 96.1 Å². The van der Waals surface area contributed by atoms with Gasteiger partial charge in [-0.2, -0.15) is 0 Å². The third-order valence-corrected chi connectivity index (χ3v) is 8.86. The lowest BCUT2D eigenvalue weighted by Crippen LogP contribution is -2.71. The number of nitrogens with zero attached hydrogens (tertiary/aromatic N) is 5. The zero-order chi connectivity index (χ0) is 30.0. The fourth-order valence-electron chi connectivity index (χ4n) is 6.54. The molecule has 1 N–H and O–H groups in total. The maximum Gasteiger partial charge on any atom is 0.573 e. The quantitative estimate of drug-likeness (QED) is 0.413. The molecule has 0 atom stereocenters. The first kappa shape index (κ1) is 27.7. The molecule has 43 heavy (non-hydrogen) atoms. The molecule has 4 aliphatic rings. The maximum absolute atomic E-state index is 13.5. The van der Waals surface area contributed by atoms with Crippen molar-refractivity contribution >= 4 is 34.6 Å². The molecule has 1 saturated carbocycles. The number of ether oxygens (including phenoxy) is 2. The highest BCUT2D eigenvalue weighted by atomic mass is 19.4. The Morgan fingerprint density at radius 1 is 1.02 bits per heavy atom. The van der Waals surface area contributed by atoms with Crippen molar-refractivity contribution in [1.82, 2.24) is 19.4 Å². The second kappa shape index (κ2) is 9.95. The van der Waals surface area contributed by atoms with Crippen LogP contribution < -0.4 is 20.5 Å². The molecular formula is C29H29F3N6O5. The van der Waals surface area contributed by atoms with E-state index in [2.05, 4.69) is 19.9 Å². The lowest BCUT2D eigenvalue weighted by atomic mass is 9.73. The van der Waals surface area contributed by atoms with Crippen molar-refractivity contribution in [2.45, 2.75) is 24.7 Å². The van der Waals surface area contributed by atoms with Gasteiger partial charge in [0.1, 0.15) is 11.9 Å². The van der Waals surface area contributed by atoms with Crippen molar-refractivity contribution in [3.8, 4) is 11.4 Å². The largest absolute Gasteiger partial charge is 0.573 e. The van der Waals surface area contributed by atoms with Gasteiger partial charge in [-0.3, -0.25) is 23.9 Å². The number of nitrogens with one attached hydrogen (secondary N) is 1. The van der Waals surface area contributed by atoms with Crippen LogP contribution in [0.25, 0.3) is 16.6 Å². The summed E-state index contributed by atoms with van der Waals surface area (Å²) in [6, 6.07) is 9.04. The van der Waals surface area contributed by atoms with Gasteiger partial charge in [0.25, 0.3) is 5.56 Å². The summed E-state index contributed by atoms with van der Waals surface area (Å²) < 4.78 is 50.5. The smallest absolute Gasteiger partial charge is 0.404 e. The third-order valence-electron chi connectivity index (χ3n) is 8.86. The fraction of sp³-hybridized carbons (Fsp3) is 0.448. The van der Waals surface area contributed by atoms with Crippen molar-refractivity contribution in [2.75, 3.05) is 62.7 Å². The van der Waals surface area contributed by atoms with Gasteiger partial charge in [-0.25, -0.2) is 4.98 Å². The number of halogens is 3. The number of likely N-dealkylation sites (tertiary alicyclic amines) is 1. The van der Waals surface area contributed by atoms with Crippen LogP contribution in [0.15, 0.2) is 47.5 Å². The average Bonchev–Trinajstić information content (AvgIpc) is 3.75. The van der Waals surface area contributed by atoms with Crippen molar-refractivity contribution in [3.05, 3.63) is 53.1 Å². The highest BCUT2D eigenvalue weighted by Gasteiger charge is 2.55. The Balaban J connectivity index is 1.15. The van der Waals surface area contributed by atoms with E-state index in [0.717, 1.165) is 44.3 Å². The summed E-state index contributed by atoms with van der Waals surface area (Å²) in [7, 11) is 0. The molecule has 0 bridgehead atoms. The number of alkyl halides is 3. The number of anilines is 2. The van der Waals surface area contributed by atoms with Crippen LogP contribution in [0.4, 0.5) is 24.5 Å². The van der Waals surface area contributed by atoms with Crippen LogP contribution in [0.5, 0.6) is 5.75 Å². The van der Waals surface area contributed by atoms with Crippen LogP contribution in [0.2, 0.25) is 0 Å². The molecule has 3 aliphatic heterocycles. The molecule has 226 valence electrons. The number of hydrogen-bond donors (Lipinski definition) is 1. The van der Waals surface area contributed by atoms with Gasteiger partial charge in [0, 0.05) is 50.4 Å². The Morgan fingerprint density at radius 2 is 1.74 bits per heavy atom. The molecule has 0 radical (unpaired) electrons. The van der Waals surface area contributed by atoms with Crippen LogP contribution in [0.3, 0.4) is 0 Å². The molecule has 1 spiro atoms. The normalized spacial score (nSPS) is 20.8. The van der Waals surface area contributed by atoms with E-state index in [-0.39, 0.29) is 16.8 Å². The highest BCUT2D eigenvalue weighted by molar-refractivity contribution is 6.01. The number of carbonyl (C=O) groups is 2. The minimum atomic E-state index is -4.98. The summed E-state index contributed by atoms with van der Waals surface area (Å²) >= 11 is 0. The van der Waals surface area contributed by atoms with Crippen molar-refractivity contribution in [1.29, 1.82) is 0 Å². The van der Waals surface area contributed by atoms with Crippen molar-refractivity contribution in [3.63, 3.8) is 0 Å². The monoisotopic (exact) mass is 598 g/mol. The first-order valence-corrected chi connectivity index (χ1v) is 14.1. The second-order valence-corrected chi connectivity index (χ2v) is 11.8. The number of aromatic nitrogens is 2. The van der Waals surface area contributed by atoms with Crippen LogP contribution in [-0.2, 0) is 14.3 Å². The number of carbonyl (C=O) groups excluding carboxylic acids is 2. The zero-order valence-corrected chi connectivity index (χ0v) is 23.1. The van der Waals surface area contributed by atoms with E-state index in [1.165, 1.54) is 23.0 Å². The first-order chi connectivity index (χ1) is 20.6. The van der Waals surface area contributed by atoms with Gasteiger partial charge in [0.2, 0.25) is 12.3 Å². The SMILES string of the molecule is O=CN1CC2(C1)CN(c1ccc3c(=O)n(-c4ccc(OC(F)(F)F)c(NC(=O)C5(N6CCOCC6)CC5)c4)cnc3c1)C2. The van der Waals surface area contributed by atoms with Gasteiger partial charge >= 0.3 is 6.36 Å². The first-order valence-electron chi connectivity index (χ1n) is 14.1. The number of morpholine rings is 1. The lowest BCUT2D eigenvalue weighted by Gasteiger charge is -2.60. The molecule has 2 amide bonds. The molecule has 3 aromatic rings. The highest BCUT2D eigenvalue weighted by Crippen LogP contribution is 2.44. The van der Waals surface area contributed by atoms with Crippen molar-refractivity contribution in [2.24, 2.45) is 5.41 Å². The Morgan fingerprint density at radius 3 is 2.42 bits per heavy atom. The summed E-state index contributed by atoms with van der Waals surface area (Å²) in [5.74, 6) is -1.01. The third kappa shape index (κ3) is 4.97. The zero-order valence-electron chi connectivity index (χ0n) is 23.1. The molecule has 2 aromatic carbocycles. The molecule has 1 aliphatic carbocycles. The van der Waals surface area contributed by atoms with E-state index in [1.807, 2.05) is 17.0 Å². The standard InChI is InChI=1S/C29H29F3N6O5/c30-29(31,32)43-24-4-2-20(12-23(24)34-26(41)28(5-6-28)37-7-9-42-10-8-37)38-17-33-22-11-19(1-3-21(22)25(38)40)36-15-27(16-36)13-35(14-27)18-39/h1-4,11-12,17-18H,5-10,13-16H2,(H,34,41). The average molecular weight is 599 g/mol. The van der Waals surface area contributed by atoms with E-state index in [0.29, 0.717) is 50.0 Å². The maximum atomic E-state index is 13.5. The fourth-order valence-corrected chi connectivity index (χ4v) is 6.54. The molecular weight excluding hydrogens is 569 g/mol. The molecule has 4 fully saturated rings. The second-order valence-electron chi connectivity index (χ2n) is 11.8. The Bertz CT molecular complexity index is 1650. The summed E-state index contributed by atoms with van der Waals surface area (Å²) in [6.07, 6.45) is -1.63. The number of fused-ring (bicyclic) bond motifs is 1. The molecule has 0 unspecified atom stereocenters. The van der Waals surface area contributed by atoms with E-state index in [9.17, 15) is 27.6 Å². The summed E-state index contributed by atoms with van der Waals surface area (Å²) in [5, 5.41) is 2.98. The molecule has 14 heteroatoms. The van der Waals surface area contributed by atoms with E-state index >= 15 is 0 Å². The lowest BCUT2D eigenvalue weighted by molar-refractivity contribution is -0.274. The summed E-state index contributed by atoms with van der Waals surface area (Å²) in [6.45, 7) is 5.17. The van der Waals surface area contributed by atoms with Crippen LogP contribution in [0.1, 0.15) is 12.8 Å². The van der Waals surface area contributed by atoms with E-state index in [4.69, 9.17) is 4.74 Å². The molecule has 3 saturated heterocycles. The minimum absolute atomic E-state index is 0.128. The van der Waals surface area contributed by atoms with Crippen molar-refractivity contribution < 1.29 is 32.2 Å². The Hall–Kier alpha value is -4.17. The van der Waals surface area contributed by atoms with Gasteiger partial charge in [-0.15, -0.1) is 13.2 Å².